The predicted molar refractivity (Wildman–Crippen MR) is 74.7 cm³/mol. The van der Waals surface area contributed by atoms with Gasteiger partial charge in [0.1, 0.15) is 0 Å². The zero-order chi connectivity index (χ0) is 12.5. The summed E-state index contributed by atoms with van der Waals surface area (Å²) >= 11 is 5.97. The molecule has 17 heavy (non-hydrogen) atoms. The third kappa shape index (κ3) is 2.41. The summed E-state index contributed by atoms with van der Waals surface area (Å²) in [7, 11) is 2.18. The summed E-state index contributed by atoms with van der Waals surface area (Å²) in [6, 6.07) is 8.28. The van der Waals surface area contributed by atoms with Gasteiger partial charge in [-0.15, -0.1) is 0 Å². The second kappa shape index (κ2) is 4.83. The number of piperidine rings is 1. The fraction of sp³-hybridized carbons (Fsp3) is 0.467. The van der Waals surface area contributed by atoms with Crippen LogP contribution in [0.3, 0.4) is 0 Å². The molecular formula is C15H20ClN. The molecule has 1 aliphatic rings. The van der Waals surface area contributed by atoms with Crippen LogP contribution in [0, 0.1) is 0 Å². The molecule has 0 amide bonds. The first-order valence-corrected chi connectivity index (χ1v) is 6.53. The second-order valence-electron chi connectivity index (χ2n) is 5.17. The topological polar surface area (TPSA) is 3.24 Å². The van der Waals surface area contributed by atoms with Gasteiger partial charge >= 0.3 is 0 Å². The highest BCUT2D eigenvalue weighted by Crippen LogP contribution is 2.41. The SMILES string of the molecule is C=C(C)C1(c2ccc(Cl)cc2)CCN(C)CC1. The first-order valence-electron chi connectivity index (χ1n) is 6.15. The van der Waals surface area contributed by atoms with E-state index in [4.69, 9.17) is 11.6 Å². The van der Waals surface area contributed by atoms with Crippen LogP contribution in [0.2, 0.25) is 5.02 Å². The van der Waals surface area contributed by atoms with Crippen LogP contribution in [0.25, 0.3) is 0 Å². The summed E-state index contributed by atoms with van der Waals surface area (Å²) in [5.74, 6) is 0. The number of nitrogens with zero attached hydrogens (tertiary/aromatic N) is 1. The summed E-state index contributed by atoms with van der Waals surface area (Å²) < 4.78 is 0. The Morgan fingerprint density at radius 3 is 2.24 bits per heavy atom. The van der Waals surface area contributed by atoms with Crippen LogP contribution in [0.15, 0.2) is 36.4 Å². The molecule has 2 rings (SSSR count). The van der Waals surface area contributed by atoms with Gasteiger partial charge in [-0.3, -0.25) is 0 Å². The zero-order valence-corrected chi connectivity index (χ0v) is 11.4. The smallest absolute Gasteiger partial charge is 0.0406 e. The molecule has 2 heteroatoms. The van der Waals surface area contributed by atoms with Gasteiger partial charge in [0, 0.05) is 10.4 Å². The van der Waals surface area contributed by atoms with E-state index in [1.165, 1.54) is 11.1 Å². The van der Waals surface area contributed by atoms with E-state index in [1.807, 2.05) is 12.1 Å². The lowest BCUT2D eigenvalue weighted by molar-refractivity contribution is 0.210. The van der Waals surface area contributed by atoms with Gasteiger partial charge in [-0.05, 0) is 57.6 Å². The van der Waals surface area contributed by atoms with Gasteiger partial charge in [0.15, 0.2) is 0 Å². The number of allylic oxidation sites excluding steroid dienone is 1. The molecule has 0 saturated carbocycles. The number of halogens is 1. The summed E-state index contributed by atoms with van der Waals surface area (Å²) in [6.07, 6.45) is 2.31. The molecule has 1 aromatic rings. The van der Waals surface area contributed by atoms with Crippen LogP contribution >= 0.6 is 11.6 Å². The Morgan fingerprint density at radius 1 is 1.24 bits per heavy atom. The number of benzene rings is 1. The quantitative estimate of drug-likeness (QED) is 0.719. The molecule has 0 radical (unpaired) electrons. The molecule has 0 spiro atoms. The van der Waals surface area contributed by atoms with Gasteiger partial charge in [-0.25, -0.2) is 0 Å². The number of hydrogen-bond donors (Lipinski definition) is 0. The Labute approximate surface area is 109 Å². The first kappa shape index (κ1) is 12.7. The highest BCUT2D eigenvalue weighted by Gasteiger charge is 2.35. The Balaban J connectivity index is 2.35. The largest absolute Gasteiger partial charge is 0.306 e. The number of hydrogen-bond acceptors (Lipinski definition) is 1. The molecule has 0 N–H and O–H groups in total. The van der Waals surface area contributed by atoms with Crippen molar-refractivity contribution in [1.82, 2.24) is 4.90 Å². The third-order valence-corrected chi connectivity index (χ3v) is 4.31. The minimum Gasteiger partial charge on any atom is -0.306 e. The Kier molecular flexibility index (Phi) is 3.60. The molecule has 92 valence electrons. The fourth-order valence-corrected chi connectivity index (χ4v) is 2.86. The van der Waals surface area contributed by atoms with Crippen molar-refractivity contribution < 1.29 is 0 Å². The molecule has 0 aliphatic carbocycles. The maximum atomic E-state index is 5.97. The number of likely N-dealkylation sites (tertiary alicyclic amines) is 1. The normalized spacial score (nSPS) is 20.2. The van der Waals surface area contributed by atoms with Gasteiger partial charge in [-0.2, -0.15) is 0 Å². The minimum absolute atomic E-state index is 0.150. The molecule has 0 aromatic heterocycles. The Morgan fingerprint density at radius 2 is 1.76 bits per heavy atom. The van der Waals surface area contributed by atoms with E-state index >= 15 is 0 Å². The molecular weight excluding hydrogens is 230 g/mol. The van der Waals surface area contributed by atoms with Crippen molar-refractivity contribution >= 4 is 11.6 Å². The minimum atomic E-state index is 0.150. The molecule has 0 bridgehead atoms. The first-order chi connectivity index (χ1) is 8.04. The van der Waals surface area contributed by atoms with E-state index in [9.17, 15) is 0 Å². The standard InChI is InChI=1S/C15H20ClN/c1-12(2)15(8-10-17(3)11-9-15)13-4-6-14(16)7-5-13/h4-7H,1,8-11H2,2-3H3. The summed E-state index contributed by atoms with van der Waals surface area (Å²) in [5.41, 5.74) is 2.78. The van der Waals surface area contributed by atoms with Crippen molar-refractivity contribution in [1.29, 1.82) is 0 Å². The Hall–Kier alpha value is -0.790. The molecule has 1 aromatic carbocycles. The van der Waals surface area contributed by atoms with E-state index in [2.05, 4.69) is 37.6 Å². The average Bonchev–Trinajstić information content (AvgIpc) is 2.31. The molecule has 1 aliphatic heterocycles. The van der Waals surface area contributed by atoms with Gasteiger partial charge in [0.25, 0.3) is 0 Å². The van der Waals surface area contributed by atoms with Crippen LogP contribution in [-0.2, 0) is 5.41 Å². The van der Waals surface area contributed by atoms with E-state index in [0.717, 1.165) is 31.0 Å². The highest BCUT2D eigenvalue weighted by molar-refractivity contribution is 6.30. The molecule has 1 heterocycles. The van der Waals surface area contributed by atoms with Gasteiger partial charge in [-0.1, -0.05) is 35.9 Å². The van der Waals surface area contributed by atoms with Crippen LogP contribution in [0.4, 0.5) is 0 Å². The molecule has 0 atom stereocenters. The summed E-state index contributed by atoms with van der Waals surface area (Å²) in [5, 5.41) is 0.804. The lowest BCUT2D eigenvalue weighted by Crippen LogP contribution is -2.41. The van der Waals surface area contributed by atoms with E-state index in [-0.39, 0.29) is 5.41 Å². The molecule has 0 unspecified atom stereocenters. The van der Waals surface area contributed by atoms with Crippen LogP contribution in [0.1, 0.15) is 25.3 Å². The van der Waals surface area contributed by atoms with E-state index in [1.54, 1.807) is 0 Å². The Bertz CT molecular complexity index is 399. The van der Waals surface area contributed by atoms with Crippen LogP contribution in [0.5, 0.6) is 0 Å². The average molecular weight is 250 g/mol. The summed E-state index contributed by atoms with van der Waals surface area (Å²) in [4.78, 5) is 2.39. The van der Waals surface area contributed by atoms with E-state index < -0.39 is 0 Å². The predicted octanol–water partition coefficient (Wildman–Crippen LogP) is 3.88. The molecule has 1 saturated heterocycles. The molecule has 1 fully saturated rings. The van der Waals surface area contributed by atoms with Gasteiger partial charge in [0.2, 0.25) is 0 Å². The lowest BCUT2D eigenvalue weighted by Gasteiger charge is -2.42. The second-order valence-corrected chi connectivity index (χ2v) is 5.61. The maximum absolute atomic E-state index is 5.97. The molecule has 1 nitrogen and oxygen atoms in total. The lowest BCUT2D eigenvalue weighted by atomic mass is 9.68. The zero-order valence-electron chi connectivity index (χ0n) is 10.7. The van der Waals surface area contributed by atoms with Crippen molar-refractivity contribution in [3.63, 3.8) is 0 Å². The fourth-order valence-electron chi connectivity index (χ4n) is 2.73. The van der Waals surface area contributed by atoms with Crippen LogP contribution in [-0.4, -0.2) is 25.0 Å². The van der Waals surface area contributed by atoms with Gasteiger partial charge < -0.3 is 4.90 Å². The van der Waals surface area contributed by atoms with Crippen molar-refractivity contribution in [3.05, 3.63) is 47.0 Å². The van der Waals surface area contributed by atoms with Crippen molar-refractivity contribution in [2.24, 2.45) is 0 Å². The van der Waals surface area contributed by atoms with Crippen molar-refractivity contribution in [2.45, 2.75) is 25.2 Å². The van der Waals surface area contributed by atoms with Crippen molar-refractivity contribution in [2.75, 3.05) is 20.1 Å². The summed E-state index contributed by atoms with van der Waals surface area (Å²) in [6.45, 7) is 8.64. The van der Waals surface area contributed by atoms with Crippen molar-refractivity contribution in [3.8, 4) is 0 Å². The third-order valence-electron chi connectivity index (χ3n) is 4.05. The van der Waals surface area contributed by atoms with Gasteiger partial charge in [0.05, 0.1) is 0 Å². The van der Waals surface area contributed by atoms with E-state index in [0.29, 0.717) is 0 Å². The maximum Gasteiger partial charge on any atom is 0.0406 e. The van der Waals surface area contributed by atoms with Crippen LogP contribution < -0.4 is 0 Å². The highest BCUT2D eigenvalue weighted by atomic mass is 35.5. The monoisotopic (exact) mass is 249 g/mol. The number of rotatable bonds is 2.